The number of rotatable bonds is 6. The molecule has 126 valence electrons. The van der Waals surface area contributed by atoms with E-state index in [4.69, 9.17) is 0 Å². The fourth-order valence-electron chi connectivity index (χ4n) is 2.75. The van der Waals surface area contributed by atoms with Crippen LogP contribution in [0.2, 0.25) is 0 Å². The van der Waals surface area contributed by atoms with Crippen molar-refractivity contribution >= 4 is 29.1 Å². The summed E-state index contributed by atoms with van der Waals surface area (Å²) in [6, 6.07) is 3.28. The molecule has 2 heterocycles. The standard InChI is InChI=1S/C16H23N3O3S/c1-12(20)17-8-5-9-18(2)15(21)13-6-3-10-19(13)16(22)14-7-4-11-23-14/h4,7,11,13H,3,5-6,8-10H2,1-2H3,(H,17,20)/t13-/m0/s1. The Hall–Kier alpha value is -1.89. The van der Waals surface area contributed by atoms with Gasteiger partial charge >= 0.3 is 0 Å². The Labute approximate surface area is 140 Å². The van der Waals surface area contributed by atoms with Gasteiger partial charge in [0.1, 0.15) is 6.04 Å². The molecule has 0 unspecified atom stereocenters. The molecule has 0 radical (unpaired) electrons. The number of hydrogen-bond donors (Lipinski definition) is 1. The van der Waals surface area contributed by atoms with Crippen molar-refractivity contribution in [1.82, 2.24) is 15.1 Å². The predicted octanol–water partition coefficient (Wildman–Crippen LogP) is 1.34. The van der Waals surface area contributed by atoms with E-state index >= 15 is 0 Å². The van der Waals surface area contributed by atoms with E-state index in [1.165, 1.54) is 18.3 Å². The van der Waals surface area contributed by atoms with E-state index in [2.05, 4.69) is 5.32 Å². The first kappa shape index (κ1) is 17.5. The number of hydrogen-bond acceptors (Lipinski definition) is 4. The second-order valence-corrected chi connectivity index (χ2v) is 6.68. The van der Waals surface area contributed by atoms with Crippen LogP contribution in [0.1, 0.15) is 35.9 Å². The van der Waals surface area contributed by atoms with Gasteiger partial charge in [-0.1, -0.05) is 6.07 Å². The summed E-state index contributed by atoms with van der Waals surface area (Å²) >= 11 is 1.40. The van der Waals surface area contributed by atoms with Gasteiger partial charge in [-0.2, -0.15) is 0 Å². The van der Waals surface area contributed by atoms with Gasteiger partial charge in [-0.15, -0.1) is 11.3 Å². The van der Waals surface area contributed by atoms with Crippen molar-refractivity contribution in [3.05, 3.63) is 22.4 Å². The Morgan fingerprint density at radius 2 is 2.22 bits per heavy atom. The predicted molar refractivity (Wildman–Crippen MR) is 89.3 cm³/mol. The molecule has 3 amide bonds. The van der Waals surface area contributed by atoms with Crippen molar-refractivity contribution in [2.75, 3.05) is 26.7 Å². The number of thiophene rings is 1. The van der Waals surface area contributed by atoms with Crippen LogP contribution in [0, 0.1) is 0 Å². The molecule has 0 saturated carbocycles. The summed E-state index contributed by atoms with van der Waals surface area (Å²) in [6.07, 6.45) is 2.27. The number of amides is 3. The average molecular weight is 337 g/mol. The van der Waals surface area contributed by atoms with Gasteiger partial charge in [0.25, 0.3) is 5.91 Å². The summed E-state index contributed by atoms with van der Waals surface area (Å²) in [7, 11) is 1.75. The molecule has 1 fully saturated rings. The quantitative estimate of drug-likeness (QED) is 0.797. The monoisotopic (exact) mass is 337 g/mol. The third-order valence-electron chi connectivity index (χ3n) is 3.95. The molecule has 0 aliphatic carbocycles. The van der Waals surface area contributed by atoms with Crippen LogP contribution in [-0.2, 0) is 9.59 Å². The number of nitrogens with one attached hydrogen (secondary N) is 1. The van der Waals surface area contributed by atoms with Gasteiger partial charge in [0.05, 0.1) is 4.88 Å². The lowest BCUT2D eigenvalue weighted by Gasteiger charge is -2.27. The second kappa shape index (κ2) is 8.10. The first-order valence-corrected chi connectivity index (χ1v) is 8.72. The summed E-state index contributed by atoms with van der Waals surface area (Å²) < 4.78 is 0. The van der Waals surface area contributed by atoms with E-state index in [-0.39, 0.29) is 23.8 Å². The highest BCUT2D eigenvalue weighted by Gasteiger charge is 2.36. The Morgan fingerprint density at radius 1 is 1.43 bits per heavy atom. The third kappa shape index (κ3) is 4.54. The lowest BCUT2D eigenvalue weighted by molar-refractivity contribution is -0.134. The van der Waals surface area contributed by atoms with Gasteiger partial charge in [-0.3, -0.25) is 14.4 Å². The zero-order valence-electron chi connectivity index (χ0n) is 13.6. The molecule has 1 atom stereocenters. The van der Waals surface area contributed by atoms with Crippen LogP contribution in [0.25, 0.3) is 0 Å². The lowest BCUT2D eigenvalue weighted by Crippen LogP contribution is -2.46. The maximum Gasteiger partial charge on any atom is 0.264 e. The fraction of sp³-hybridized carbons (Fsp3) is 0.562. The van der Waals surface area contributed by atoms with Crippen molar-refractivity contribution in [1.29, 1.82) is 0 Å². The highest BCUT2D eigenvalue weighted by atomic mass is 32.1. The van der Waals surface area contributed by atoms with Crippen LogP contribution in [0.4, 0.5) is 0 Å². The largest absolute Gasteiger partial charge is 0.356 e. The summed E-state index contributed by atoms with van der Waals surface area (Å²) in [5, 5.41) is 4.58. The van der Waals surface area contributed by atoms with Crippen molar-refractivity contribution in [2.24, 2.45) is 0 Å². The van der Waals surface area contributed by atoms with Gasteiger partial charge in [0.15, 0.2) is 0 Å². The van der Waals surface area contributed by atoms with E-state index in [0.29, 0.717) is 37.4 Å². The molecule has 0 aromatic carbocycles. The molecule has 6 nitrogen and oxygen atoms in total. The zero-order chi connectivity index (χ0) is 16.8. The highest BCUT2D eigenvalue weighted by molar-refractivity contribution is 7.12. The SMILES string of the molecule is CC(=O)NCCCN(C)C(=O)[C@@H]1CCCN1C(=O)c1cccs1. The van der Waals surface area contributed by atoms with Crippen LogP contribution in [0.15, 0.2) is 17.5 Å². The molecule has 0 spiro atoms. The second-order valence-electron chi connectivity index (χ2n) is 5.73. The molecule has 1 aromatic heterocycles. The van der Waals surface area contributed by atoms with Crippen molar-refractivity contribution in [3.63, 3.8) is 0 Å². The summed E-state index contributed by atoms with van der Waals surface area (Å²) in [5.74, 6) is -0.139. The molecule has 23 heavy (non-hydrogen) atoms. The Kier molecular flexibility index (Phi) is 6.15. The zero-order valence-corrected chi connectivity index (χ0v) is 14.4. The molecular weight excluding hydrogens is 314 g/mol. The third-order valence-corrected chi connectivity index (χ3v) is 4.81. The molecule has 1 aromatic rings. The van der Waals surface area contributed by atoms with Crippen molar-refractivity contribution in [2.45, 2.75) is 32.2 Å². The molecular formula is C16H23N3O3S. The van der Waals surface area contributed by atoms with Crippen LogP contribution in [0.5, 0.6) is 0 Å². The fourth-order valence-corrected chi connectivity index (χ4v) is 3.43. The minimum absolute atomic E-state index is 0.0183. The molecule has 1 aliphatic heterocycles. The van der Waals surface area contributed by atoms with Crippen molar-refractivity contribution < 1.29 is 14.4 Å². The number of carbonyl (C=O) groups is 3. The number of likely N-dealkylation sites (N-methyl/N-ethyl adjacent to an activating group) is 1. The lowest BCUT2D eigenvalue weighted by atomic mass is 10.2. The molecule has 1 aliphatic rings. The van der Waals surface area contributed by atoms with Gasteiger partial charge in [-0.05, 0) is 30.7 Å². The van der Waals surface area contributed by atoms with Crippen LogP contribution in [-0.4, -0.2) is 60.2 Å². The van der Waals surface area contributed by atoms with Crippen LogP contribution < -0.4 is 5.32 Å². The molecule has 0 bridgehead atoms. The van der Waals surface area contributed by atoms with Gasteiger partial charge in [-0.25, -0.2) is 0 Å². The first-order valence-electron chi connectivity index (χ1n) is 7.84. The van der Waals surface area contributed by atoms with Gasteiger partial charge in [0, 0.05) is 33.6 Å². The molecule has 1 N–H and O–H groups in total. The minimum Gasteiger partial charge on any atom is -0.356 e. The minimum atomic E-state index is -0.365. The summed E-state index contributed by atoms with van der Waals surface area (Å²) in [5.41, 5.74) is 0. The molecule has 1 saturated heterocycles. The van der Waals surface area contributed by atoms with Gasteiger partial charge < -0.3 is 15.1 Å². The first-order chi connectivity index (χ1) is 11.0. The highest BCUT2D eigenvalue weighted by Crippen LogP contribution is 2.23. The van der Waals surface area contributed by atoms with Crippen molar-refractivity contribution in [3.8, 4) is 0 Å². The summed E-state index contributed by atoms with van der Waals surface area (Å²) in [4.78, 5) is 40.0. The van der Waals surface area contributed by atoms with Crippen LogP contribution >= 0.6 is 11.3 Å². The Bertz CT molecular complexity index is 559. The normalized spacial score (nSPS) is 17.1. The van der Waals surface area contributed by atoms with Gasteiger partial charge in [0.2, 0.25) is 11.8 Å². The van der Waals surface area contributed by atoms with E-state index in [1.54, 1.807) is 22.9 Å². The smallest absolute Gasteiger partial charge is 0.264 e. The Balaban J connectivity index is 1.89. The van der Waals surface area contributed by atoms with E-state index in [1.807, 2.05) is 11.4 Å². The van der Waals surface area contributed by atoms with E-state index in [9.17, 15) is 14.4 Å². The van der Waals surface area contributed by atoms with E-state index in [0.717, 1.165) is 6.42 Å². The molecule has 7 heteroatoms. The number of likely N-dealkylation sites (tertiary alicyclic amines) is 1. The maximum absolute atomic E-state index is 12.6. The van der Waals surface area contributed by atoms with Crippen LogP contribution in [0.3, 0.4) is 0 Å². The molecule has 2 rings (SSSR count). The maximum atomic E-state index is 12.6. The Morgan fingerprint density at radius 3 is 2.87 bits per heavy atom. The number of nitrogens with zero attached hydrogens (tertiary/aromatic N) is 2. The topological polar surface area (TPSA) is 69.7 Å². The van der Waals surface area contributed by atoms with E-state index < -0.39 is 0 Å². The summed E-state index contributed by atoms with van der Waals surface area (Å²) in [6.45, 7) is 3.22. The number of carbonyl (C=O) groups excluding carboxylic acids is 3. The average Bonchev–Trinajstić information content (AvgIpc) is 3.20.